The van der Waals surface area contributed by atoms with Gasteiger partial charge in [-0.05, 0) is 25.8 Å². The molecule has 4 N–H and O–H groups in total. The van der Waals surface area contributed by atoms with E-state index in [0.29, 0.717) is 5.25 Å². The van der Waals surface area contributed by atoms with Crippen LogP contribution in [0.2, 0.25) is 0 Å². The van der Waals surface area contributed by atoms with Gasteiger partial charge in [-0.3, -0.25) is 4.79 Å². The van der Waals surface area contributed by atoms with E-state index in [9.17, 15) is 4.79 Å². The summed E-state index contributed by atoms with van der Waals surface area (Å²) < 4.78 is 0. The lowest BCUT2D eigenvalue weighted by molar-refractivity contribution is -0.124. The number of nitrogens with two attached hydrogens (primary N) is 1. The van der Waals surface area contributed by atoms with Crippen LogP contribution in [-0.2, 0) is 4.79 Å². The molecule has 1 aliphatic rings. The summed E-state index contributed by atoms with van der Waals surface area (Å²) >= 11 is 1.69. The summed E-state index contributed by atoms with van der Waals surface area (Å²) in [5.74, 6) is -0.234. The van der Waals surface area contributed by atoms with Gasteiger partial charge < -0.3 is 16.0 Å². The first kappa shape index (κ1) is 12.4. The molecule has 1 fully saturated rings. The predicted molar refractivity (Wildman–Crippen MR) is 67.7 cm³/mol. The van der Waals surface area contributed by atoms with Crippen molar-refractivity contribution in [1.29, 1.82) is 0 Å². The molecule has 0 saturated heterocycles. The Kier molecular flexibility index (Phi) is 3.73. The number of likely N-dealkylation sites (N-methyl/N-ethyl adjacent to an activating group) is 1. The first-order chi connectivity index (χ1) is 8.16. The molecule has 0 radical (unpaired) electrons. The highest BCUT2D eigenvalue weighted by molar-refractivity contribution is 7.99. The van der Waals surface area contributed by atoms with Crippen LogP contribution >= 0.6 is 11.8 Å². The lowest BCUT2D eigenvalue weighted by Crippen LogP contribution is -2.53. The van der Waals surface area contributed by atoms with E-state index in [1.165, 1.54) is 0 Å². The highest BCUT2D eigenvalue weighted by Crippen LogP contribution is 2.39. The number of H-pyrrole nitrogens is 1. The number of nitrogens with one attached hydrogen (secondary N) is 2. The molecule has 1 aromatic rings. The first-order valence-corrected chi connectivity index (χ1v) is 6.75. The highest BCUT2D eigenvalue weighted by atomic mass is 32.2. The van der Waals surface area contributed by atoms with Crippen LogP contribution in [0.25, 0.3) is 0 Å². The number of aromatic nitrogens is 2. The molecule has 1 saturated carbocycles. The van der Waals surface area contributed by atoms with Crippen LogP contribution in [0, 0.1) is 0 Å². The molecule has 1 amide bonds. The molecular weight excluding hydrogens is 236 g/mol. The molecule has 0 aromatic carbocycles. The zero-order valence-corrected chi connectivity index (χ0v) is 10.7. The van der Waals surface area contributed by atoms with Crippen LogP contribution in [0.3, 0.4) is 0 Å². The molecule has 0 spiro atoms. The highest BCUT2D eigenvalue weighted by Gasteiger charge is 2.43. The van der Waals surface area contributed by atoms with Gasteiger partial charge in [-0.2, -0.15) is 0 Å². The van der Waals surface area contributed by atoms with E-state index in [1.807, 2.05) is 13.1 Å². The third-order valence-electron chi connectivity index (χ3n) is 3.21. The van der Waals surface area contributed by atoms with Crippen molar-refractivity contribution < 1.29 is 4.79 Å². The lowest BCUT2D eigenvalue weighted by atomic mass is 9.97. The lowest BCUT2D eigenvalue weighted by Gasteiger charge is -2.26. The van der Waals surface area contributed by atoms with E-state index in [4.69, 9.17) is 5.73 Å². The van der Waals surface area contributed by atoms with Gasteiger partial charge in [0.15, 0.2) is 5.16 Å². The first-order valence-electron chi connectivity index (χ1n) is 5.87. The van der Waals surface area contributed by atoms with Gasteiger partial charge in [0.05, 0.1) is 5.54 Å². The number of amides is 1. The van der Waals surface area contributed by atoms with Gasteiger partial charge in [-0.1, -0.05) is 18.7 Å². The monoisotopic (exact) mass is 254 g/mol. The SMILES string of the molecule is CCNC1(C(N)=O)CCC(Sc2ncc[nH]2)C1. The van der Waals surface area contributed by atoms with Crippen molar-refractivity contribution in [3.63, 3.8) is 0 Å². The third-order valence-corrected chi connectivity index (χ3v) is 4.39. The summed E-state index contributed by atoms with van der Waals surface area (Å²) in [5, 5.41) is 4.55. The normalized spacial score (nSPS) is 28.4. The number of rotatable bonds is 5. The van der Waals surface area contributed by atoms with Crippen molar-refractivity contribution in [3.8, 4) is 0 Å². The van der Waals surface area contributed by atoms with Gasteiger partial charge in [0.25, 0.3) is 0 Å². The van der Waals surface area contributed by atoms with Crippen LogP contribution in [0.1, 0.15) is 26.2 Å². The maximum absolute atomic E-state index is 11.6. The quantitative estimate of drug-likeness (QED) is 0.728. The van der Waals surface area contributed by atoms with Crippen LogP contribution in [-0.4, -0.2) is 33.2 Å². The third kappa shape index (κ3) is 2.63. The maximum Gasteiger partial charge on any atom is 0.237 e. The van der Waals surface area contributed by atoms with Crippen molar-refractivity contribution in [2.45, 2.75) is 42.1 Å². The Labute approximate surface area is 105 Å². The minimum atomic E-state index is -0.515. The van der Waals surface area contributed by atoms with Gasteiger partial charge in [-0.25, -0.2) is 4.98 Å². The fourth-order valence-corrected chi connectivity index (χ4v) is 3.56. The van der Waals surface area contributed by atoms with E-state index in [-0.39, 0.29) is 5.91 Å². The number of carbonyl (C=O) groups excluding carboxylic acids is 1. The number of primary amides is 1. The summed E-state index contributed by atoms with van der Waals surface area (Å²) in [4.78, 5) is 18.8. The number of nitrogens with zero attached hydrogens (tertiary/aromatic N) is 1. The summed E-state index contributed by atoms with van der Waals surface area (Å²) in [6, 6.07) is 0. The second-order valence-corrected chi connectivity index (χ2v) is 5.64. The minimum Gasteiger partial charge on any atom is -0.368 e. The van der Waals surface area contributed by atoms with Gasteiger partial charge >= 0.3 is 0 Å². The average molecular weight is 254 g/mol. The Bertz CT molecular complexity index is 381. The average Bonchev–Trinajstić information content (AvgIpc) is 2.90. The molecule has 6 heteroatoms. The molecule has 2 atom stereocenters. The fraction of sp³-hybridized carbons (Fsp3) is 0.636. The topological polar surface area (TPSA) is 83.8 Å². The molecule has 2 rings (SSSR count). The number of hydrogen-bond acceptors (Lipinski definition) is 4. The van der Waals surface area contributed by atoms with Crippen LogP contribution in [0.4, 0.5) is 0 Å². The van der Waals surface area contributed by atoms with Crippen LogP contribution in [0.15, 0.2) is 17.6 Å². The molecule has 0 aliphatic heterocycles. The molecule has 2 unspecified atom stereocenters. The second kappa shape index (κ2) is 5.10. The number of thioether (sulfide) groups is 1. The van der Waals surface area contributed by atoms with Gasteiger partial charge in [0, 0.05) is 17.6 Å². The van der Waals surface area contributed by atoms with Crippen molar-refractivity contribution in [1.82, 2.24) is 15.3 Å². The summed E-state index contributed by atoms with van der Waals surface area (Å²) in [6.07, 6.45) is 6.13. The van der Waals surface area contributed by atoms with Crippen molar-refractivity contribution in [3.05, 3.63) is 12.4 Å². The largest absolute Gasteiger partial charge is 0.368 e. The molecular formula is C11H18N4OS. The predicted octanol–water partition coefficient (Wildman–Crippen LogP) is 0.888. The smallest absolute Gasteiger partial charge is 0.237 e. The van der Waals surface area contributed by atoms with Crippen molar-refractivity contribution >= 4 is 17.7 Å². The van der Waals surface area contributed by atoms with E-state index in [1.54, 1.807) is 18.0 Å². The van der Waals surface area contributed by atoms with Gasteiger partial charge in [0.1, 0.15) is 0 Å². The Morgan fingerprint density at radius 2 is 2.65 bits per heavy atom. The zero-order valence-electron chi connectivity index (χ0n) is 9.90. The Morgan fingerprint density at radius 3 is 3.24 bits per heavy atom. The van der Waals surface area contributed by atoms with E-state index in [0.717, 1.165) is 31.0 Å². The molecule has 94 valence electrons. The molecule has 17 heavy (non-hydrogen) atoms. The maximum atomic E-state index is 11.6. The van der Waals surface area contributed by atoms with Crippen molar-refractivity contribution in [2.75, 3.05) is 6.54 Å². The van der Waals surface area contributed by atoms with E-state index < -0.39 is 5.54 Å². The summed E-state index contributed by atoms with van der Waals surface area (Å²) in [6.45, 7) is 2.76. The molecule has 1 aliphatic carbocycles. The van der Waals surface area contributed by atoms with Crippen LogP contribution < -0.4 is 11.1 Å². The molecule has 0 bridgehead atoms. The summed E-state index contributed by atoms with van der Waals surface area (Å²) in [5.41, 5.74) is 5.01. The summed E-state index contributed by atoms with van der Waals surface area (Å²) in [7, 11) is 0. The Balaban J connectivity index is 1.99. The van der Waals surface area contributed by atoms with Gasteiger partial charge in [-0.15, -0.1) is 0 Å². The zero-order chi connectivity index (χ0) is 12.3. The molecule has 1 aromatic heterocycles. The van der Waals surface area contributed by atoms with E-state index in [2.05, 4.69) is 15.3 Å². The Morgan fingerprint density at radius 1 is 1.82 bits per heavy atom. The number of aromatic amines is 1. The standard InChI is InChI=1S/C11H18N4OS/c1-2-15-11(9(12)16)4-3-8(7-11)17-10-13-5-6-14-10/h5-6,8,15H,2-4,7H2,1H3,(H2,12,16)(H,13,14). The number of hydrogen-bond donors (Lipinski definition) is 3. The molecule has 5 nitrogen and oxygen atoms in total. The second-order valence-electron chi connectivity index (χ2n) is 4.35. The number of carbonyl (C=O) groups is 1. The fourth-order valence-electron chi connectivity index (χ4n) is 2.38. The van der Waals surface area contributed by atoms with Crippen LogP contribution in [0.5, 0.6) is 0 Å². The van der Waals surface area contributed by atoms with Gasteiger partial charge in [0.2, 0.25) is 5.91 Å². The minimum absolute atomic E-state index is 0.234. The van der Waals surface area contributed by atoms with E-state index >= 15 is 0 Å². The number of imidazole rings is 1. The Hall–Kier alpha value is -1.01. The van der Waals surface area contributed by atoms with Crippen molar-refractivity contribution in [2.24, 2.45) is 5.73 Å². The molecule has 1 heterocycles.